The Bertz CT molecular complexity index is 465. The second-order valence-corrected chi connectivity index (χ2v) is 7.92. The van der Waals surface area contributed by atoms with E-state index in [0.717, 1.165) is 19.3 Å². The molecule has 3 N–H and O–H groups in total. The van der Waals surface area contributed by atoms with Gasteiger partial charge < -0.3 is 11.1 Å². The van der Waals surface area contributed by atoms with Gasteiger partial charge in [0.2, 0.25) is 5.91 Å². The fourth-order valence-electron chi connectivity index (χ4n) is 4.15. The summed E-state index contributed by atoms with van der Waals surface area (Å²) >= 11 is 1.76. The summed E-state index contributed by atoms with van der Waals surface area (Å²) in [5.41, 5.74) is 6.31. The van der Waals surface area contributed by atoms with Crippen molar-refractivity contribution >= 4 is 29.7 Å². The van der Waals surface area contributed by atoms with Gasteiger partial charge in [0.1, 0.15) is 0 Å². The third-order valence-corrected chi connectivity index (χ3v) is 6.16. The van der Waals surface area contributed by atoms with Crippen LogP contribution in [0.25, 0.3) is 0 Å². The number of rotatable bonds is 4. The Morgan fingerprint density at radius 3 is 2.68 bits per heavy atom. The van der Waals surface area contributed by atoms with Crippen LogP contribution in [0.3, 0.4) is 0 Å². The molecule has 22 heavy (non-hydrogen) atoms. The number of hydrogen-bond acceptors (Lipinski definition) is 3. The minimum Gasteiger partial charge on any atom is -0.353 e. The first kappa shape index (κ1) is 17.8. The zero-order valence-electron chi connectivity index (χ0n) is 13.2. The topological polar surface area (TPSA) is 55.1 Å². The summed E-state index contributed by atoms with van der Waals surface area (Å²) in [7, 11) is 0. The van der Waals surface area contributed by atoms with Gasteiger partial charge in [0.25, 0.3) is 0 Å². The Labute approximate surface area is 143 Å². The molecule has 0 aromatic carbocycles. The van der Waals surface area contributed by atoms with Crippen molar-refractivity contribution in [3.8, 4) is 0 Å². The van der Waals surface area contributed by atoms with E-state index in [1.807, 2.05) is 0 Å². The molecule has 2 fully saturated rings. The maximum atomic E-state index is 12.5. The van der Waals surface area contributed by atoms with Crippen LogP contribution in [-0.2, 0) is 11.2 Å². The van der Waals surface area contributed by atoms with E-state index in [0.29, 0.717) is 17.9 Å². The summed E-state index contributed by atoms with van der Waals surface area (Å²) in [5.74, 6) is 1.58. The number of fused-ring (bicyclic) bond motifs is 2. The van der Waals surface area contributed by atoms with Gasteiger partial charge in [0.05, 0.1) is 0 Å². The Morgan fingerprint density at radius 2 is 2.09 bits per heavy atom. The third-order valence-electron chi connectivity index (χ3n) is 5.26. The number of hydrogen-bond donors (Lipinski definition) is 2. The smallest absolute Gasteiger partial charge is 0.223 e. The van der Waals surface area contributed by atoms with Crippen LogP contribution < -0.4 is 11.1 Å². The number of amides is 1. The van der Waals surface area contributed by atoms with Crippen LogP contribution in [-0.4, -0.2) is 18.0 Å². The molecule has 0 radical (unpaired) electrons. The van der Waals surface area contributed by atoms with Crippen LogP contribution in [0.5, 0.6) is 0 Å². The minimum absolute atomic E-state index is 0. The Kier molecular flexibility index (Phi) is 6.30. The quantitative estimate of drug-likeness (QED) is 0.881. The molecule has 1 amide bonds. The van der Waals surface area contributed by atoms with Crippen molar-refractivity contribution in [1.29, 1.82) is 0 Å². The number of nitrogens with two attached hydrogens (primary N) is 1. The highest BCUT2D eigenvalue weighted by atomic mass is 35.5. The van der Waals surface area contributed by atoms with Crippen molar-refractivity contribution in [2.45, 2.75) is 57.5 Å². The summed E-state index contributed by atoms with van der Waals surface area (Å²) in [4.78, 5) is 13.9. The summed E-state index contributed by atoms with van der Waals surface area (Å²) in [6, 6.07) is 4.76. The summed E-state index contributed by atoms with van der Waals surface area (Å²) in [6.07, 6.45) is 6.65. The maximum absolute atomic E-state index is 12.5. The van der Waals surface area contributed by atoms with E-state index < -0.39 is 0 Å². The minimum atomic E-state index is 0. The van der Waals surface area contributed by atoms with Gasteiger partial charge in [-0.2, -0.15) is 0 Å². The fraction of sp³-hybridized carbons (Fsp3) is 0.706. The molecule has 2 saturated carbocycles. The summed E-state index contributed by atoms with van der Waals surface area (Å²) in [6.45, 7) is 2.10. The molecular formula is C17H27ClN2OS. The molecule has 0 spiro atoms. The van der Waals surface area contributed by atoms with Crippen LogP contribution in [0.2, 0.25) is 0 Å². The van der Waals surface area contributed by atoms with Crippen molar-refractivity contribution in [3.05, 3.63) is 22.4 Å². The van der Waals surface area contributed by atoms with Gasteiger partial charge in [-0.15, -0.1) is 23.7 Å². The van der Waals surface area contributed by atoms with E-state index in [-0.39, 0.29) is 30.3 Å². The zero-order valence-corrected chi connectivity index (χ0v) is 14.8. The Balaban J connectivity index is 0.00000176. The van der Waals surface area contributed by atoms with Crippen molar-refractivity contribution in [3.63, 3.8) is 0 Å². The van der Waals surface area contributed by atoms with Crippen LogP contribution >= 0.6 is 23.7 Å². The molecule has 3 atom stereocenters. The maximum Gasteiger partial charge on any atom is 0.223 e. The van der Waals surface area contributed by atoms with Gasteiger partial charge in [-0.25, -0.2) is 0 Å². The molecule has 124 valence electrons. The van der Waals surface area contributed by atoms with E-state index in [2.05, 4.69) is 29.8 Å². The van der Waals surface area contributed by atoms with E-state index in [4.69, 9.17) is 5.73 Å². The van der Waals surface area contributed by atoms with Crippen LogP contribution in [0.4, 0.5) is 0 Å². The third kappa shape index (κ3) is 4.03. The number of carbonyl (C=O) groups excluding carboxylic acids is 1. The summed E-state index contributed by atoms with van der Waals surface area (Å²) in [5, 5.41) is 5.31. The molecular weight excluding hydrogens is 316 g/mol. The first-order valence-corrected chi connectivity index (χ1v) is 9.09. The van der Waals surface area contributed by atoms with E-state index in [1.165, 1.54) is 24.1 Å². The van der Waals surface area contributed by atoms with Gasteiger partial charge in [-0.1, -0.05) is 12.5 Å². The first-order valence-electron chi connectivity index (χ1n) is 8.22. The highest BCUT2D eigenvalue weighted by molar-refractivity contribution is 7.09. The Hall–Kier alpha value is -0.580. The molecule has 2 aliphatic rings. The molecule has 5 heteroatoms. The Morgan fingerprint density at radius 1 is 1.41 bits per heavy atom. The molecule has 3 rings (SSSR count). The van der Waals surface area contributed by atoms with E-state index >= 15 is 0 Å². The van der Waals surface area contributed by atoms with Gasteiger partial charge in [0, 0.05) is 29.3 Å². The summed E-state index contributed by atoms with van der Waals surface area (Å²) < 4.78 is 0. The van der Waals surface area contributed by atoms with Crippen LogP contribution in [0.15, 0.2) is 17.5 Å². The van der Waals surface area contributed by atoms with Gasteiger partial charge >= 0.3 is 0 Å². The largest absolute Gasteiger partial charge is 0.353 e. The molecule has 2 bridgehead atoms. The van der Waals surface area contributed by atoms with E-state index in [9.17, 15) is 4.79 Å². The average molecular weight is 343 g/mol. The number of carbonyl (C=O) groups is 1. The molecule has 3 unspecified atom stereocenters. The van der Waals surface area contributed by atoms with Crippen LogP contribution in [0, 0.1) is 17.8 Å². The highest BCUT2D eigenvalue weighted by Gasteiger charge is 2.40. The lowest BCUT2D eigenvalue weighted by atomic mass is 9.65. The number of halogens is 1. The SMILES string of the molecule is CC(Cc1cccs1)NC(=O)C1CC2CCCC(C1)C2N.Cl. The second kappa shape index (κ2) is 7.80. The molecule has 0 saturated heterocycles. The van der Waals surface area contributed by atoms with E-state index in [1.54, 1.807) is 11.3 Å². The monoisotopic (exact) mass is 342 g/mol. The van der Waals surface area contributed by atoms with Crippen LogP contribution in [0.1, 0.15) is 43.9 Å². The highest BCUT2D eigenvalue weighted by Crippen LogP contribution is 2.41. The molecule has 1 heterocycles. The second-order valence-electron chi connectivity index (χ2n) is 6.89. The molecule has 0 aliphatic heterocycles. The van der Waals surface area contributed by atoms with Crippen molar-refractivity contribution in [1.82, 2.24) is 5.32 Å². The molecule has 1 aromatic heterocycles. The lowest BCUT2D eigenvalue weighted by molar-refractivity contribution is -0.128. The van der Waals surface area contributed by atoms with Crippen molar-refractivity contribution in [2.75, 3.05) is 0 Å². The fourth-order valence-corrected chi connectivity index (χ4v) is 4.98. The zero-order chi connectivity index (χ0) is 14.8. The molecule has 3 nitrogen and oxygen atoms in total. The number of thiophene rings is 1. The van der Waals surface area contributed by atoms with Crippen molar-refractivity contribution in [2.24, 2.45) is 23.5 Å². The van der Waals surface area contributed by atoms with Gasteiger partial charge in [-0.05, 0) is 55.9 Å². The first-order chi connectivity index (χ1) is 10.1. The average Bonchev–Trinajstić information content (AvgIpc) is 2.90. The molecule has 2 aliphatic carbocycles. The van der Waals surface area contributed by atoms with Gasteiger partial charge in [-0.3, -0.25) is 4.79 Å². The normalized spacial score (nSPS) is 31.9. The van der Waals surface area contributed by atoms with Crippen molar-refractivity contribution < 1.29 is 4.79 Å². The predicted molar refractivity (Wildman–Crippen MR) is 94.4 cm³/mol. The standard InChI is InChI=1S/C17H26N2OS.ClH/c1-11(8-15-6-3-7-21-15)19-17(20)14-9-12-4-2-5-13(10-14)16(12)18;/h3,6-7,11-14,16H,2,4-5,8-10,18H2,1H3,(H,19,20);1H. The number of nitrogens with one attached hydrogen (secondary N) is 1. The van der Waals surface area contributed by atoms with Gasteiger partial charge in [0.15, 0.2) is 0 Å². The lowest BCUT2D eigenvalue weighted by Crippen LogP contribution is -2.50. The lowest BCUT2D eigenvalue weighted by Gasteiger charge is -2.43. The molecule has 1 aromatic rings. The predicted octanol–water partition coefficient (Wildman–Crippen LogP) is 3.37.